The maximum Gasteiger partial charge on any atom is 0.416 e. The van der Waals surface area contributed by atoms with Gasteiger partial charge in [0, 0.05) is 17.3 Å². The lowest BCUT2D eigenvalue weighted by Crippen LogP contribution is -2.44. The Morgan fingerprint density at radius 3 is 2.56 bits per heavy atom. The molecule has 0 aliphatic rings. The predicted molar refractivity (Wildman–Crippen MR) is 125 cm³/mol. The number of aromatic amines is 1. The summed E-state index contributed by atoms with van der Waals surface area (Å²) in [5.74, 6) is 0.251. The van der Waals surface area contributed by atoms with Crippen LogP contribution in [0.2, 0.25) is 0 Å². The first kappa shape index (κ1) is 25.7. The largest absolute Gasteiger partial charge is 0.444 e. The molecule has 0 saturated heterocycles. The number of carbonyl (C=O) groups excluding carboxylic acids is 2. The molecule has 34 heavy (non-hydrogen) atoms. The Morgan fingerprint density at radius 2 is 1.88 bits per heavy atom. The number of aryl methyl sites for hydroxylation is 1. The summed E-state index contributed by atoms with van der Waals surface area (Å²) in [6.07, 6.45) is -5.12. The van der Waals surface area contributed by atoms with Gasteiger partial charge in [0.2, 0.25) is 0 Å². The molecule has 1 aromatic heterocycles. The quantitative estimate of drug-likeness (QED) is 0.386. The highest BCUT2D eigenvalue weighted by Crippen LogP contribution is 2.30. The number of H-pyrrole nitrogens is 1. The first-order valence-electron chi connectivity index (χ1n) is 10.6. The van der Waals surface area contributed by atoms with Crippen LogP contribution in [0, 0.1) is 0 Å². The summed E-state index contributed by atoms with van der Waals surface area (Å²) in [5, 5.41) is 2.52. The molecule has 182 valence electrons. The molecule has 0 saturated carbocycles. The Labute approximate surface area is 203 Å². The number of benzene rings is 2. The number of alkyl carbamates (subject to hydrolysis) is 1. The fourth-order valence-electron chi connectivity index (χ4n) is 3.37. The van der Waals surface area contributed by atoms with Crippen molar-refractivity contribution >= 4 is 38.8 Å². The molecule has 6 nitrogen and oxygen atoms in total. The minimum absolute atomic E-state index is 0.0282. The second-order valence-corrected chi connectivity index (χ2v) is 9.83. The highest BCUT2D eigenvalue weighted by Gasteiger charge is 2.31. The molecule has 0 unspecified atom stereocenters. The van der Waals surface area contributed by atoms with E-state index in [1.54, 1.807) is 20.8 Å². The van der Waals surface area contributed by atoms with Gasteiger partial charge in [0.15, 0.2) is 5.78 Å². The summed E-state index contributed by atoms with van der Waals surface area (Å²) < 4.78 is 45.5. The van der Waals surface area contributed by atoms with E-state index in [4.69, 9.17) is 4.74 Å². The minimum atomic E-state index is -4.51. The van der Waals surface area contributed by atoms with Crippen LogP contribution in [0.4, 0.5) is 18.0 Å². The standard InChI is InChI=1S/C24H25BrF3N3O3/c1-23(2,3)34-22(33)31-19(12-14-5-4-6-15(11-14)24(26,27)28)20(32)9-10-21-29-17-8-7-16(25)13-18(17)30-21/h4-8,11,13,19H,9-10,12H2,1-3H3,(H,29,30)(H,31,33)/t19-/m1/s1. The summed E-state index contributed by atoms with van der Waals surface area (Å²) in [6, 6.07) is 9.21. The molecular formula is C24H25BrF3N3O3. The van der Waals surface area contributed by atoms with Gasteiger partial charge >= 0.3 is 12.3 Å². The third-order valence-electron chi connectivity index (χ3n) is 4.87. The van der Waals surface area contributed by atoms with E-state index in [9.17, 15) is 22.8 Å². The van der Waals surface area contributed by atoms with Crippen molar-refractivity contribution in [1.82, 2.24) is 15.3 Å². The first-order valence-corrected chi connectivity index (χ1v) is 11.4. The number of rotatable bonds is 7. The summed E-state index contributed by atoms with van der Waals surface area (Å²) in [4.78, 5) is 33.0. The van der Waals surface area contributed by atoms with Gasteiger partial charge in [-0.2, -0.15) is 13.2 Å². The molecular weight excluding hydrogens is 515 g/mol. The van der Waals surface area contributed by atoms with Crippen molar-refractivity contribution < 1.29 is 27.5 Å². The zero-order valence-corrected chi connectivity index (χ0v) is 20.5. The number of Topliss-reactive ketones (excluding diaryl/α,β-unsaturated/α-hetero) is 1. The number of ether oxygens (including phenoxy) is 1. The average molecular weight is 540 g/mol. The highest BCUT2D eigenvalue weighted by atomic mass is 79.9. The molecule has 0 aliphatic carbocycles. The summed E-state index contributed by atoms with van der Waals surface area (Å²) in [6.45, 7) is 5.03. The monoisotopic (exact) mass is 539 g/mol. The Balaban J connectivity index is 1.76. The molecule has 10 heteroatoms. The number of imidazole rings is 1. The lowest BCUT2D eigenvalue weighted by Gasteiger charge is -2.23. The molecule has 0 spiro atoms. The number of nitrogens with zero attached hydrogens (tertiary/aromatic N) is 1. The zero-order chi connectivity index (χ0) is 25.1. The van der Waals surface area contributed by atoms with Crippen molar-refractivity contribution in [3.05, 3.63) is 63.9 Å². The van der Waals surface area contributed by atoms with Crippen LogP contribution in [-0.4, -0.2) is 33.5 Å². The van der Waals surface area contributed by atoms with E-state index in [-0.39, 0.29) is 30.6 Å². The summed E-state index contributed by atoms with van der Waals surface area (Å²) >= 11 is 3.39. The molecule has 3 aromatic rings. The van der Waals surface area contributed by atoms with Crippen LogP contribution < -0.4 is 5.32 Å². The molecule has 1 amide bonds. The number of fused-ring (bicyclic) bond motifs is 1. The smallest absolute Gasteiger partial charge is 0.416 e. The number of carbonyl (C=O) groups is 2. The number of amides is 1. The molecule has 2 N–H and O–H groups in total. The van der Waals surface area contributed by atoms with Crippen LogP contribution in [0.15, 0.2) is 46.9 Å². The molecule has 2 aromatic carbocycles. The van der Waals surface area contributed by atoms with Gasteiger partial charge < -0.3 is 15.0 Å². The Kier molecular flexibility index (Phi) is 7.70. The summed E-state index contributed by atoms with van der Waals surface area (Å²) in [7, 11) is 0. The fraction of sp³-hybridized carbons (Fsp3) is 0.375. The number of hydrogen-bond acceptors (Lipinski definition) is 4. The molecule has 1 heterocycles. The Bertz CT molecular complexity index is 1190. The Morgan fingerprint density at radius 1 is 1.15 bits per heavy atom. The van der Waals surface area contributed by atoms with Crippen molar-refractivity contribution in [1.29, 1.82) is 0 Å². The van der Waals surface area contributed by atoms with Crippen LogP contribution in [0.3, 0.4) is 0 Å². The van der Waals surface area contributed by atoms with Crippen molar-refractivity contribution in [3.63, 3.8) is 0 Å². The second kappa shape index (κ2) is 10.2. The highest BCUT2D eigenvalue weighted by molar-refractivity contribution is 9.10. The lowest BCUT2D eigenvalue weighted by molar-refractivity contribution is -0.137. The topological polar surface area (TPSA) is 84.1 Å². The Hall–Kier alpha value is -2.88. The molecule has 0 radical (unpaired) electrons. The van der Waals surface area contributed by atoms with Crippen molar-refractivity contribution in [3.8, 4) is 0 Å². The average Bonchev–Trinajstić information content (AvgIpc) is 3.11. The van der Waals surface area contributed by atoms with Gasteiger partial charge in [-0.05, 0) is 57.0 Å². The van der Waals surface area contributed by atoms with Gasteiger partial charge in [-0.15, -0.1) is 0 Å². The van der Waals surface area contributed by atoms with E-state index in [2.05, 4.69) is 31.2 Å². The van der Waals surface area contributed by atoms with Crippen molar-refractivity contribution in [2.75, 3.05) is 0 Å². The van der Waals surface area contributed by atoms with Crippen LogP contribution in [0.1, 0.15) is 44.1 Å². The van der Waals surface area contributed by atoms with Gasteiger partial charge in [0.05, 0.1) is 22.6 Å². The van der Waals surface area contributed by atoms with Gasteiger partial charge in [0.25, 0.3) is 0 Å². The maximum atomic E-state index is 13.1. The van der Waals surface area contributed by atoms with Crippen LogP contribution in [0.5, 0.6) is 0 Å². The molecule has 0 aliphatic heterocycles. The lowest BCUT2D eigenvalue weighted by atomic mass is 9.98. The number of halogens is 4. The van der Waals surface area contributed by atoms with Gasteiger partial charge in [-0.3, -0.25) is 4.79 Å². The van der Waals surface area contributed by atoms with Gasteiger partial charge in [-0.1, -0.05) is 34.1 Å². The van der Waals surface area contributed by atoms with E-state index in [1.807, 2.05) is 18.2 Å². The number of alkyl halides is 3. The first-order chi connectivity index (χ1) is 15.8. The van der Waals surface area contributed by atoms with E-state index >= 15 is 0 Å². The van der Waals surface area contributed by atoms with E-state index in [0.29, 0.717) is 5.82 Å². The summed E-state index contributed by atoms with van der Waals surface area (Å²) in [5.41, 5.74) is 0.221. The molecule has 0 fully saturated rings. The van der Waals surface area contributed by atoms with E-state index in [0.717, 1.165) is 27.6 Å². The molecule has 3 rings (SSSR count). The second-order valence-electron chi connectivity index (χ2n) is 8.91. The van der Waals surface area contributed by atoms with Gasteiger partial charge in [-0.25, -0.2) is 9.78 Å². The number of aromatic nitrogens is 2. The van der Waals surface area contributed by atoms with Crippen molar-refractivity contribution in [2.45, 2.75) is 57.9 Å². The van der Waals surface area contributed by atoms with Gasteiger partial charge in [0.1, 0.15) is 11.4 Å². The molecule has 1 atom stereocenters. The third-order valence-corrected chi connectivity index (χ3v) is 5.37. The maximum absolute atomic E-state index is 13.1. The molecule has 0 bridgehead atoms. The number of nitrogens with one attached hydrogen (secondary N) is 2. The van der Waals surface area contributed by atoms with E-state index in [1.165, 1.54) is 12.1 Å². The van der Waals surface area contributed by atoms with Crippen LogP contribution >= 0.6 is 15.9 Å². The number of hydrogen-bond donors (Lipinski definition) is 2. The van der Waals surface area contributed by atoms with Crippen molar-refractivity contribution in [2.24, 2.45) is 0 Å². The van der Waals surface area contributed by atoms with Crippen LogP contribution in [-0.2, 0) is 28.5 Å². The number of ketones is 1. The van der Waals surface area contributed by atoms with Crippen LogP contribution in [0.25, 0.3) is 11.0 Å². The minimum Gasteiger partial charge on any atom is -0.444 e. The zero-order valence-electron chi connectivity index (χ0n) is 18.9. The van der Waals surface area contributed by atoms with E-state index < -0.39 is 29.5 Å². The third kappa shape index (κ3) is 7.31. The fourth-order valence-corrected chi connectivity index (χ4v) is 3.74. The SMILES string of the molecule is CC(C)(C)OC(=O)N[C@H](Cc1cccc(C(F)(F)F)c1)C(=O)CCc1nc2ccc(Br)cc2[nH]1. The normalized spacial score (nSPS) is 13.0. The predicted octanol–water partition coefficient (Wildman–Crippen LogP) is 5.98.